The first-order chi connectivity index (χ1) is 4.68. The SMILES string of the molecule is [N-]=[N+]=NCCC(S)C(=O)O. The number of hydrogen-bond donors (Lipinski definition) is 2. The highest BCUT2D eigenvalue weighted by atomic mass is 32.1. The molecule has 0 spiro atoms. The van der Waals surface area contributed by atoms with Gasteiger partial charge in [-0.1, -0.05) is 5.11 Å². The maximum absolute atomic E-state index is 10.1. The van der Waals surface area contributed by atoms with Gasteiger partial charge in [-0.15, -0.1) is 0 Å². The monoisotopic (exact) mass is 161 g/mol. The zero-order valence-electron chi connectivity index (χ0n) is 5.14. The van der Waals surface area contributed by atoms with Crippen LogP contribution in [0.25, 0.3) is 10.4 Å². The molecule has 0 bridgehead atoms. The van der Waals surface area contributed by atoms with Crippen molar-refractivity contribution < 1.29 is 9.90 Å². The molecule has 0 amide bonds. The third kappa shape index (κ3) is 4.05. The predicted octanol–water partition coefficient (Wildman–Crippen LogP) is 1.07. The van der Waals surface area contributed by atoms with Crippen LogP contribution in [0.4, 0.5) is 0 Å². The summed E-state index contributed by atoms with van der Waals surface area (Å²) < 4.78 is 0. The number of thiol groups is 1. The van der Waals surface area contributed by atoms with Crippen molar-refractivity contribution in [2.24, 2.45) is 5.11 Å². The number of azide groups is 1. The first kappa shape index (κ1) is 9.13. The Morgan fingerprint density at radius 3 is 2.90 bits per heavy atom. The van der Waals surface area contributed by atoms with Gasteiger partial charge in [0, 0.05) is 11.5 Å². The average Bonchev–Trinajstić information content (AvgIpc) is 1.88. The lowest BCUT2D eigenvalue weighted by Gasteiger charge is -1.99. The smallest absolute Gasteiger partial charge is 0.316 e. The summed E-state index contributed by atoms with van der Waals surface area (Å²) in [4.78, 5) is 12.5. The summed E-state index contributed by atoms with van der Waals surface area (Å²) in [7, 11) is 0. The van der Waals surface area contributed by atoms with Gasteiger partial charge >= 0.3 is 5.97 Å². The molecular formula is C4H7N3O2S. The molecule has 0 aromatic carbocycles. The van der Waals surface area contributed by atoms with Crippen LogP contribution in [0.15, 0.2) is 5.11 Å². The Morgan fingerprint density at radius 1 is 1.90 bits per heavy atom. The summed E-state index contributed by atoms with van der Waals surface area (Å²) in [5.41, 5.74) is 7.80. The minimum atomic E-state index is -0.989. The molecule has 0 radical (unpaired) electrons. The zero-order chi connectivity index (χ0) is 7.98. The van der Waals surface area contributed by atoms with Crippen LogP contribution in [0.3, 0.4) is 0 Å². The van der Waals surface area contributed by atoms with E-state index in [-0.39, 0.29) is 13.0 Å². The molecule has 0 aliphatic rings. The topological polar surface area (TPSA) is 86.1 Å². The number of carboxylic acid groups (broad SMARTS) is 1. The standard InChI is InChI=1S/C4H7N3O2S/c5-7-6-2-1-3(10)4(8)9/h3,10H,1-2H2,(H,8,9). The van der Waals surface area contributed by atoms with E-state index in [1.807, 2.05) is 0 Å². The molecular weight excluding hydrogens is 154 g/mol. The fourth-order valence-corrected chi connectivity index (χ4v) is 0.464. The lowest BCUT2D eigenvalue weighted by Crippen LogP contribution is -2.13. The number of aliphatic carboxylic acids is 1. The van der Waals surface area contributed by atoms with Gasteiger partial charge in [-0.25, -0.2) is 0 Å². The largest absolute Gasteiger partial charge is 0.480 e. The normalized spacial score (nSPS) is 11.7. The highest BCUT2D eigenvalue weighted by Gasteiger charge is 2.09. The molecule has 0 rings (SSSR count). The van der Waals surface area contributed by atoms with Crippen LogP contribution in [-0.2, 0) is 4.79 Å². The third-order valence-electron chi connectivity index (χ3n) is 0.851. The Hall–Kier alpha value is -0.870. The van der Waals surface area contributed by atoms with E-state index < -0.39 is 11.2 Å². The summed E-state index contributed by atoms with van der Waals surface area (Å²) >= 11 is 3.71. The van der Waals surface area contributed by atoms with Crippen molar-refractivity contribution >= 4 is 18.6 Å². The second-order valence-electron chi connectivity index (χ2n) is 1.60. The van der Waals surface area contributed by atoms with Crippen LogP contribution >= 0.6 is 12.6 Å². The lowest BCUT2D eigenvalue weighted by molar-refractivity contribution is -0.136. The Balaban J connectivity index is 3.48. The number of carboxylic acids is 1. The zero-order valence-corrected chi connectivity index (χ0v) is 6.03. The maximum Gasteiger partial charge on any atom is 0.316 e. The van der Waals surface area contributed by atoms with Crippen molar-refractivity contribution in [3.8, 4) is 0 Å². The molecule has 10 heavy (non-hydrogen) atoms. The van der Waals surface area contributed by atoms with Crippen LogP contribution in [-0.4, -0.2) is 22.9 Å². The molecule has 0 aromatic rings. The van der Waals surface area contributed by atoms with Crippen molar-refractivity contribution in [2.75, 3.05) is 6.54 Å². The molecule has 56 valence electrons. The van der Waals surface area contributed by atoms with Gasteiger partial charge in [0.25, 0.3) is 0 Å². The molecule has 0 aliphatic heterocycles. The summed E-state index contributed by atoms with van der Waals surface area (Å²) in [6.07, 6.45) is 0.266. The van der Waals surface area contributed by atoms with E-state index >= 15 is 0 Å². The Morgan fingerprint density at radius 2 is 2.50 bits per heavy atom. The van der Waals surface area contributed by atoms with E-state index in [1.165, 1.54) is 0 Å². The number of carbonyl (C=O) groups is 1. The van der Waals surface area contributed by atoms with Crippen LogP contribution in [0, 0.1) is 0 Å². The van der Waals surface area contributed by atoms with Crippen LogP contribution in [0.5, 0.6) is 0 Å². The van der Waals surface area contributed by atoms with Crippen molar-refractivity contribution in [2.45, 2.75) is 11.7 Å². The molecule has 1 unspecified atom stereocenters. The molecule has 5 nitrogen and oxygen atoms in total. The third-order valence-corrected chi connectivity index (χ3v) is 1.33. The molecule has 0 heterocycles. The van der Waals surface area contributed by atoms with Gasteiger partial charge in [-0.3, -0.25) is 4.79 Å². The molecule has 0 saturated carbocycles. The summed E-state index contributed by atoms with van der Waals surface area (Å²) in [5.74, 6) is -0.989. The Bertz CT molecular complexity index is 166. The highest BCUT2D eigenvalue weighted by molar-refractivity contribution is 7.81. The molecule has 0 fully saturated rings. The summed E-state index contributed by atoms with van der Waals surface area (Å²) in [6, 6.07) is 0. The number of rotatable bonds is 4. The van der Waals surface area contributed by atoms with Gasteiger partial charge in [-0.2, -0.15) is 12.6 Å². The second kappa shape index (κ2) is 4.96. The molecule has 0 saturated heterocycles. The first-order valence-electron chi connectivity index (χ1n) is 2.60. The molecule has 6 heteroatoms. The number of nitrogens with zero attached hydrogens (tertiary/aromatic N) is 3. The van der Waals surface area contributed by atoms with E-state index in [2.05, 4.69) is 22.7 Å². The Labute approximate surface area is 63.1 Å². The molecule has 1 N–H and O–H groups in total. The van der Waals surface area contributed by atoms with Gasteiger partial charge in [-0.05, 0) is 12.0 Å². The van der Waals surface area contributed by atoms with E-state index in [0.29, 0.717) is 0 Å². The molecule has 0 aromatic heterocycles. The van der Waals surface area contributed by atoms with E-state index in [0.717, 1.165) is 0 Å². The van der Waals surface area contributed by atoms with Crippen LogP contribution in [0.2, 0.25) is 0 Å². The summed E-state index contributed by atoms with van der Waals surface area (Å²) in [5, 5.41) is 10.7. The minimum Gasteiger partial charge on any atom is -0.480 e. The number of hydrogen-bond acceptors (Lipinski definition) is 3. The van der Waals surface area contributed by atoms with E-state index in [9.17, 15) is 4.79 Å². The average molecular weight is 161 g/mol. The van der Waals surface area contributed by atoms with Gasteiger partial charge in [0.15, 0.2) is 0 Å². The first-order valence-corrected chi connectivity index (χ1v) is 3.12. The van der Waals surface area contributed by atoms with Crippen molar-refractivity contribution in [1.29, 1.82) is 0 Å². The van der Waals surface area contributed by atoms with Crippen LogP contribution < -0.4 is 0 Å². The fraction of sp³-hybridized carbons (Fsp3) is 0.750. The predicted molar refractivity (Wildman–Crippen MR) is 39.0 cm³/mol. The van der Waals surface area contributed by atoms with Gasteiger partial charge in [0.05, 0.1) is 5.25 Å². The van der Waals surface area contributed by atoms with Crippen molar-refractivity contribution in [1.82, 2.24) is 0 Å². The van der Waals surface area contributed by atoms with Gasteiger partial charge in [0.1, 0.15) is 0 Å². The Kier molecular flexibility index (Phi) is 4.53. The molecule has 1 atom stereocenters. The van der Waals surface area contributed by atoms with Gasteiger partial charge in [0.2, 0.25) is 0 Å². The highest BCUT2D eigenvalue weighted by Crippen LogP contribution is 2.00. The fourth-order valence-electron chi connectivity index (χ4n) is 0.348. The van der Waals surface area contributed by atoms with Crippen molar-refractivity contribution in [3.63, 3.8) is 0 Å². The van der Waals surface area contributed by atoms with Crippen molar-refractivity contribution in [3.05, 3.63) is 10.4 Å². The lowest BCUT2D eigenvalue weighted by atomic mass is 10.3. The minimum absolute atomic E-state index is 0.178. The van der Waals surface area contributed by atoms with E-state index in [1.54, 1.807) is 0 Å². The maximum atomic E-state index is 10.1. The summed E-state index contributed by atoms with van der Waals surface area (Å²) in [6.45, 7) is 0.178. The quantitative estimate of drug-likeness (QED) is 0.279. The van der Waals surface area contributed by atoms with E-state index in [4.69, 9.17) is 10.6 Å². The second-order valence-corrected chi connectivity index (χ2v) is 2.22. The van der Waals surface area contributed by atoms with Gasteiger partial charge < -0.3 is 5.11 Å². The van der Waals surface area contributed by atoms with Crippen LogP contribution in [0.1, 0.15) is 6.42 Å². The molecule has 0 aliphatic carbocycles.